The van der Waals surface area contributed by atoms with Crippen molar-refractivity contribution >= 4 is 60.5 Å². The van der Waals surface area contributed by atoms with Crippen LogP contribution >= 0.6 is 15.9 Å². The molecule has 0 unspecified atom stereocenters. The Hall–Kier alpha value is -7.72. The van der Waals surface area contributed by atoms with E-state index in [1.807, 2.05) is 95.7 Å². The minimum atomic E-state index is -6.13. The number of fused-ring (bicyclic) bond motifs is 1. The van der Waals surface area contributed by atoms with Crippen LogP contribution in [0.4, 0.5) is 105 Å². The van der Waals surface area contributed by atoms with Gasteiger partial charge in [0.1, 0.15) is 11.9 Å². The summed E-state index contributed by atoms with van der Waals surface area (Å²) in [5.41, 5.74) is -29.5. The molecule has 3 nitrogen and oxygen atoms in total. The summed E-state index contributed by atoms with van der Waals surface area (Å²) in [6.45, 7) is 0.209. The Balaban J connectivity index is 0.000000309. The smallest absolute Gasteiger partial charge is 0.405 e. The van der Waals surface area contributed by atoms with Crippen molar-refractivity contribution in [1.82, 2.24) is 0 Å². The van der Waals surface area contributed by atoms with Gasteiger partial charge in [-0.3, -0.25) is 4.79 Å². The highest BCUT2D eigenvalue weighted by molar-refractivity contribution is 9.10. The number of Topliss-reactive ketones (excluding diaryl/α,β-unsaturated/α-hetero) is 1. The van der Waals surface area contributed by atoms with Gasteiger partial charge < -0.3 is 4.74 Å². The SMILES string of the molecule is FC(F)(F)c1cc([B-](c2cc(C(F)(F)F)cc(C(F)(F)F)c2)(c2cc(C(F)(F)F)cc(C(F)(F)F)c2)c2cc(C(F)(F)F)cc(C(F)(F)F)c2)cc(C(F)(F)F)c1.O=C(C[n+]1ccc2ccccc2c1Oc1ccc(Br)cc1)c1ccccc1. The molecule has 0 atom stereocenters. The van der Waals surface area contributed by atoms with Crippen LogP contribution in [0.1, 0.15) is 54.9 Å². The summed E-state index contributed by atoms with van der Waals surface area (Å²) in [6, 6.07) is 18.2. The Kier molecular flexibility index (Phi) is 17.3. The summed E-state index contributed by atoms with van der Waals surface area (Å²) in [5, 5.41) is 2.02. The van der Waals surface area contributed by atoms with Crippen molar-refractivity contribution in [1.29, 1.82) is 0 Å². The van der Waals surface area contributed by atoms with Gasteiger partial charge >= 0.3 is 55.3 Å². The van der Waals surface area contributed by atoms with Gasteiger partial charge in [0.2, 0.25) is 12.3 Å². The fourth-order valence-corrected chi connectivity index (χ4v) is 9.29. The largest absolute Gasteiger partial charge is 0.416 e. The van der Waals surface area contributed by atoms with Gasteiger partial charge in [-0.1, -0.05) is 113 Å². The molecule has 0 bridgehead atoms. The topological polar surface area (TPSA) is 30.2 Å². The fourth-order valence-electron chi connectivity index (χ4n) is 9.02. The van der Waals surface area contributed by atoms with E-state index in [4.69, 9.17) is 4.74 Å². The third kappa shape index (κ3) is 14.4. The quantitative estimate of drug-likeness (QED) is 0.0624. The summed E-state index contributed by atoms with van der Waals surface area (Å²) in [6.07, 6.45) is -52.9. The Morgan fingerprint density at radius 2 is 0.679 bits per heavy atom. The van der Waals surface area contributed by atoms with Crippen molar-refractivity contribution in [3.8, 4) is 11.6 Å². The number of benzene rings is 7. The molecule has 0 aliphatic heterocycles. The van der Waals surface area contributed by atoms with Crippen molar-refractivity contribution in [2.45, 2.75) is 56.0 Å². The summed E-state index contributed by atoms with van der Waals surface area (Å²) >= 11 is 3.44. The molecule has 1 heterocycles. The summed E-state index contributed by atoms with van der Waals surface area (Å²) in [7, 11) is 0. The molecular formula is C55H29BBrF24NO2. The lowest BCUT2D eigenvalue weighted by Crippen LogP contribution is -2.75. The van der Waals surface area contributed by atoms with Crippen LogP contribution in [-0.4, -0.2) is 11.9 Å². The first kappa shape index (κ1) is 63.9. The number of ketones is 1. The predicted octanol–water partition coefficient (Wildman–Crippen LogP) is 16.8. The minimum Gasteiger partial charge on any atom is -0.405 e. The minimum absolute atomic E-state index is 0.0385. The molecule has 7 aromatic carbocycles. The molecule has 8 aromatic rings. The molecule has 0 N–H and O–H groups in total. The third-order valence-corrected chi connectivity index (χ3v) is 13.3. The van der Waals surface area contributed by atoms with E-state index in [0.29, 0.717) is 11.4 Å². The molecular weight excluding hydrogens is 1250 g/mol. The number of nitrogens with zero attached hydrogens (tertiary/aromatic N) is 1. The van der Waals surface area contributed by atoms with Crippen LogP contribution in [0.3, 0.4) is 0 Å². The number of rotatable bonds is 9. The van der Waals surface area contributed by atoms with E-state index in [1.54, 1.807) is 0 Å². The highest BCUT2D eigenvalue weighted by Crippen LogP contribution is 2.42. The van der Waals surface area contributed by atoms with Crippen molar-refractivity contribution in [3.63, 3.8) is 0 Å². The van der Waals surface area contributed by atoms with Crippen LogP contribution in [0.2, 0.25) is 0 Å². The lowest BCUT2D eigenvalue weighted by atomic mass is 9.12. The summed E-state index contributed by atoms with van der Waals surface area (Å²) < 4.78 is 350. The fraction of sp³-hybridized carbons (Fsp3) is 0.164. The van der Waals surface area contributed by atoms with Gasteiger partial charge in [-0.2, -0.15) is 132 Å². The highest BCUT2D eigenvalue weighted by Gasteiger charge is 2.47. The number of hydrogen-bond acceptors (Lipinski definition) is 2. The van der Waals surface area contributed by atoms with Gasteiger partial charge in [0.15, 0.2) is 6.20 Å². The Morgan fingerprint density at radius 3 is 0.988 bits per heavy atom. The first-order valence-electron chi connectivity index (χ1n) is 23.3. The van der Waals surface area contributed by atoms with Gasteiger partial charge in [-0.05, 0) is 60.0 Å². The van der Waals surface area contributed by atoms with E-state index in [0.717, 1.165) is 21.0 Å². The molecule has 84 heavy (non-hydrogen) atoms. The molecule has 0 saturated carbocycles. The van der Waals surface area contributed by atoms with Crippen LogP contribution in [0.25, 0.3) is 10.8 Å². The van der Waals surface area contributed by atoms with Gasteiger partial charge in [-0.15, -0.1) is 0 Å². The summed E-state index contributed by atoms with van der Waals surface area (Å²) in [4.78, 5) is 12.7. The molecule has 0 spiro atoms. The number of hydrogen-bond donors (Lipinski definition) is 0. The van der Waals surface area contributed by atoms with Crippen LogP contribution < -0.4 is 31.2 Å². The van der Waals surface area contributed by atoms with Crippen molar-refractivity contribution in [3.05, 3.63) is 218 Å². The van der Waals surface area contributed by atoms with Crippen molar-refractivity contribution in [2.75, 3.05) is 0 Å². The average Bonchev–Trinajstić information content (AvgIpc) is 1.49. The number of pyridine rings is 1. The van der Waals surface area contributed by atoms with Crippen molar-refractivity contribution < 1.29 is 119 Å². The number of alkyl halides is 24. The molecule has 1 aromatic heterocycles. The second-order valence-corrected chi connectivity index (χ2v) is 19.3. The number of aromatic nitrogens is 1. The predicted molar refractivity (Wildman–Crippen MR) is 259 cm³/mol. The van der Waals surface area contributed by atoms with E-state index in [2.05, 4.69) is 15.9 Å². The number of carbonyl (C=O) groups excluding carboxylic acids is 1. The number of ether oxygens (including phenoxy) is 1. The molecule has 0 amide bonds. The van der Waals surface area contributed by atoms with Crippen LogP contribution in [0, 0.1) is 0 Å². The normalized spacial score (nSPS) is 13.2. The molecule has 444 valence electrons. The first-order valence-corrected chi connectivity index (χ1v) is 24.0. The first-order chi connectivity index (χ1) is 38.5. The standard InChI is InChI=1S/C32H12BF24.C23H17BrNO2/c34-25(35,36)13-1-14(26(37,38)39)6-21(5-13)33(22-7-15(27(40,41)42)2-16(8-22)28(43,44)45,23-9-17(29(46,47)48)3-18(10-23)30(49,50)51)24-11-19(31(52,53)54)4-20(12-24)32(55,56)57;24-19-10-12-20(13-11-19)27-23-21-9-5-4-6-17(21)14-15-25(23)16-22(26)18-7-2-1-3-8-18/h1-12H;1-15H,16H2/q-1;+1. The third-order valence-electron chi connectivity index (χ3n) is 12.8. The highest BCUT2D eigenvalue weighted by atomic mass is 79.9. The average molecular weight is 1280 g/mol. The van der Waals surface area contributed by atoms with E-state index in [1.165, 1.54) is 0 Å². The van der Waals surface area contributed by atoms with Gasteiger partial charge in [0.05, 0.1) is 49.9 Å². The van der Waals surface area contributed by atoms with E-state index >= 15 is 0 Å². The maximum absolute atomic E-state index is 14.2. The second kappa shape index (κ2) is 22.7. The Morgan fingerprint density at radius 1 is 0.381 bits per heavy atom. The van der Waals surface area contributed by atoms with E-state index in [9.17, 15) is 110 Å². The molecule has 0 aliphatic rings. The summed E-state index contributed by atoms with van der Waals surface area (Å²) in [5.74, 6) is 1.41. The van der Waals surface area contributed by atoms with Crippen molar-refractivity contribution in [2.24, 2.45) is 0 Å². The number of carbonyl (C=O) groups is 1. The molecule has 0 radical (unpaired) electrons. The van der Waals surface area contributed by atoms with Gasteiger partial charge in [-0.25, -0.2) is 0 Å². The Bertz CT molecular complexity index is 3270. The van der Waals surface area contributed by atoms with Gasteiger partial charge in [0, 0.05) is 16.1 Å². The van der Waals surface area contributed by atoms with Crippen LogP contribution in [0.5, 0.6) is 11.6 Å². The molecule has 0 aliphatic carbocycles. The lowest BCUT2D eigenvalue weighted by Gasteiger charge is -2.46. The molecule has 0 saturated heterocycles. The van der Waals surface area contributed by atoms with Crippen LogP contribution in [0.15, 0.2) is 168 Å². The lowest BCUT2D eigenvalue weighted by molar-refractivity contribution is -0.685. The zero-order valence-corrected chi connectivity index (χ0v) is 42.7. The zero-order chi connectivity index (χ0) is 62.6. The Labute approximate surface area is 464 Å². The van der Waals surface area contributed by atoms with Crippen LogP contribution in [-0.2, 0) is 56.0 Å². The molecule has 8 rings (SSSR count). The molecule has 29 heteroatoms. The number of halogens is 25. The monoisotopic (exact) mass is 1280 g/mol. The second-order valence-electron chi connectivity index (χ2n) is 18.4. The maximum Gasteiger partial charge on any atom is 0.416 e. The maximum atomic E-state index is 14.2. The van der Waals surface area contributed by atoms with E-state index in [-0.39, 0.29) is 12.3 Å². The van der Waals surface area contributed by atoms with Gasteiger partial charge in [0.25, 0.3) is 0 Å². The molecule has 0 fully saturated rings. The van der Waals surface area contributed by atoms with E-state index < -0.39 is 195 Å². The zero-order valence-electron chi connectivity index (χ0n) is 41.1.